The maximum Gasteiger partial charge on any atom is 0.199 e. The van der Waals surface area contributed by atoms with Crippen LogP contribution in [-0.4, -0.2) is 28.4 Å². The Kier molecular flexibility index (Phi) is 30.4. The second-order valence-corrected chi connectivity index (χ2v) is 8.25. The van der Waals surface area contributed by atoms with E-state index in [1.54, 1.807) is 22.7 Å². The van der Waals surface area contributed by atoms with Gasteiger partial charge in [-0.25, -0.2) is 0 Å². The summed E-state index contributed by atoms with van der Waals surface area (Å²) in [7, 11) is 0. The number of rotatable bonds is 18. The van der Waals surface area contributed by atoms with Crippen LogP contribution in [-0.2, 0) is 4.74 Å². The van der Waals surface area contributed by atoms with Crippen molar-refractivity contribution in [3.05, 3.63) is 25.3 Å². The second kappa shape index (κ2) is 27.8. The predicted octanol–water partition coefficient (Wildman–Crippen LogP) is 7.62. The summed E-state index contributed by atoms with van der Waals surface area (Å²) in [4.78, 5) is 0. The van der Waals surface area contributed by atoms with Gasteiger partial charge in [0, 0.05) is 0 Å². The van der Waals surface area contributed by atoms with Gasteiger partial charge in [0.1, 0.15) is 0 Å². The Hall–Kier alpha value is -0.0275. The third kappa shape index (κ3) is 29.9. The molecular weight excluding hydrogens is 307 g/mol. The molecule has 0 aliphatic rings. The number of ether oxygens (including phenoxy) is 1. The Labute approximate surface area is 160 Å². The molecule has 0 bridgehead atoms. The Balaban J connectivity index is 0. The van der Waals surface area contributed by atoms with Crippen molar-refractivity contribution < 1.29 is 4.74 Å². The van der Waals surface area contributed by atoms with Crippen molar-refractivity contribution in [2.24, 2.45) is 0 Å². The molecule has 0 spiro atoms. The smallest absolute Gasteiger partial charge is 0.199 e. The summed E-state index contributed by atoms with van der Waals surface area (Å²) in [6.07, 6.45) is 21.1. The molecule has 0 atom stereocenters. The second-order valence-electron chi connectivity index (χ2n) is 6.52. The molecule has 2 heteroatoms. The monoisotopic (exact) mass is 351 g/mol. The minimum Gasteiger partial charge on any atom is -0.373 e. The van der Waals surface area contributed by atoms with Crippen molar-refractivity contribution in [1.82, 2.24) is 0 Å². The first-order chi connectivity index (χ1) is 11.8. The fourth-order valence-electron chi connectivity index (χ4n) is 2.52. The average Bonchev–Trinajstić information content (AvgIpc) is 2.60. The molecule has 0 aromatic rings. The van der Waals surface area contributed by atoms with Crippen molar-refractivity contribution in [2.75, 3.05) is 13.2 Å². The van der Waals surface area contributed by atoms with Gasteiger partial charge in [-0.1, -0.05) is 103 Å². The van der Waals surface area contributed by atoms with Crippen LogP contribution >= 0.6 is 0 Å². The van der Waals surface area contributed by atoms with E-state index in [2.05, 4.69) is 27.0 Å². The highest BCUT2D eigenvalue weighted by Gasteiger charge is 1.95. The molecule has 1 nitrogen and oxygen atoms in total. The molecule has 0 N–H and O–H groups in total. The van der Waals surface area contributed by atoms with Crippen molar-refractivity contribution in [3.8, 4) is 0 Å². The zero-order valence-corrected chi connectivity index (χ0v) is 18.0. The van der Waals surface area contributed by atoms with Crippen LogP contribution in [0.3, 0.4) is 0 Å². The molecule has 0 unspecified atom stereocenters. The lowest BCUT2D eigenvalue weighted by atomic mass is 10.1. The SMILES string of the molecule is C=CCOCC=C.CCCCCCC[CH2][Al][CH2]CCCCCCC. The first-order valence-corrected chi connectivity index (χ1v) is 12.1. The number of hydrogen-bond acceptors (Lipinski definition) is 1. The molecule has 0 saturated heterocycles. The summed E-state index contributed by atoms with van der Waals surface area (Å²) in [5, 5.41) is 3.14. The lowest BCUT2D eigenvalue weighted by Gasteiger charge is -2.01. The first-order valence-electron chi connectivity index (χ1n) is 10.4. The van der Waals surface area contributed by atoms with Crippen LogP contribution in [0.25, 0.3) is 0 Å². The molecule has 0 rings (SSSR count). The molecular formula is C22H44AlO. The van der Waals surface area contributed by atoms with Crippen molar-refractivity contribution >= 4 is 15.2 Å². The highest BCUT2D eigenvalue weighted by molar-refractivity contribution is 6.35. The van der Waals surface area contributed by atoms with Gasteiger partial charge in [0.2, 0.25) is 0 Å². The molecule has 0 aromatic carbocycles. The zero-order valence-electron chi connectivity index (χ0n) is 16.9. The molecule has 0 fully saturated rings. The van der Waals surface area contributed by atoms with Crippen molar-refractivity contribution in [2.45, 2.75) is 101 Å². The van der Waals surface area contributed by atoms with Gasteiger partial charge in [-0.05, 0) is 0 Å². The van der Waals surface area contributed by atoms with Crippen LogP contribution in [0.15, 0.2) is 25.3 Å². The van der Waals surface area contributed by atoms with E-state index < -0.39 is 0 Å². The summed E-state index contributed by atoms with van der Waals surface area (Å²) in [6, 6.07) is 0. The lowest BCUT2D eigenvalue weighted by Crippen LogP contribution is -1.90. The van der Waals surface area contributed by atoms with E-state index in [0.717, 1.165) is 15.2 Å². The molecule has 0 aliphatic carbocycles. The largest absolute Gasteiger partial charge is 0.373 e. The molecule has 24 heavy (non-hydrogen) atoms. The van der Waals surface area contributed by atoms with Gasteiger partial charge >= 0.3 is 0 Å². The van der Waals surface area contributed by atoms with E-state index in [9.17, 15) is 0 Å². The van der Waals surface area contributed by atoms with Crippen LogP contribution in [0.5, 0.6) is 0 Å². The number of hydrogen-bond donors (Lipinski definition) is 0. The van der Waals surface area contributed by atoms with Crippen LogP contribution < -0.4 is 0 Å². The van der Waals surface area contributed by atoms with Gasteiger partial charge in [-0.3, -0.25) is 0 Å². The fraction of sp³-hybridized carbons (Fsp3) is 0.818. The third-order valence-corrected chi connectivity index (χ3v) is 5.63. The Morgan fingerprint density at radius 1 is 0.625 bits per heavy atom. The maximum atomic E-state index is 4.90. The van der Waals surface area contributed by atoms with Gasteiger partial charge in [-0.15, -0.1) is 23.7 Å². The lowest BCUT2D eigenvalue weighted by molar-refractivity contribution is 0.194. The van der Waals surface area contributed by atoms with E-state index in [1.165, 1.54) is 77.0 Å². The van der Waals surface area contributed by atoms with Gasteiger partial charge in [-0.2, -0.15) is 0 Å². The molecule has 0 amide bonds. The molecule has 0 aliphatic heterocycles. The van der Waals surface area contributed by atoms with Gasteiger partial charge < -0.3 is 4.74 Å². The standard InChI is InChI=1S/2C8H17.C6H10O.Al/c2*1-3-5-7-8-6-4-2;1-3-5-7-6-4-2;/h2*1,3-8H2,2H3;3-4H,1-2,5-6H2;. The van der Waals surface area contributed by atoms with Crippen LogP contribution in [0, 0.1) is 0 Å². The minimum atomic E-state index is 0.617. The van der Waals surface area contributed by atoms with E-state index in [0.29, 0.717) is 13.2 Å². The summed E-state index contributed by atoms with van der Waals surface area (Å²) in [5.41, 5.74) is 0. The Morgan fingerprint density at radius 2 is 1.00 bits per heavy atom. The quantitative estimate of drug-likeness (QED) is 0.140. The van der Waals surface area contributed by atoms with Gasteiger partial charge in [0.25, 0.3) is 0 Å². The Bertz CT molecular complexity index is 206. The maximum absolute atomic E-state index is 4.90. The summed E-state index contributed by atoms with van der Waals surface area (Å²) in [6.45, 7) is 12.8. The highest BCUT2D eigenvalue weighted by atomic mass is 27.1. The van der Waals surface area contributed by atoms with Crippen molar-refractivity contribution in [1.29, 1.82) is 0 Å². The van der Waals surface area contributed by atoms with Gasteiger partial charge in [0.05, 0.1) is 13.2 Å². The van der Waals surface area contributed by atoms with Crippen LogP contribution in [0.4, 0.5) is 0 Å². The molecule has 0 heterocycles. The van der Waals surface area contributed by atoms with Crippen molar-refractivity contribution in [3.63, 3.8) is 0 Å². The fourth-order valence-corrected chi connectivity index (χ4v) is 3.96. The molecule has 141 valence electrons. The van der Waals surface area contributed by atoms with E-state index in [1.807, 2.05) is 0 Å². The van der Waals surface area contributed by atoms with Crippen LogP contribution in [0.2, 0.25) is 10.6 Å². The Morgan fingerprint density at radius 3 is 1.38 bits per heavy atom. The first kappa shape index (κ1) is 26.2. The summed E-state index contributed by atoms with van der Waals surface area (Å²) < 4.78 is 4.90. The van der Waals surface area contributed by atoms with Crippen LogP contribution in [0.1, 0.15) is 90.9 Å². The van der Waals surface area contributed by atoms with Gasteiger partial charge in [0.15, 0.2) is 15.2 Å². The predicted molar refractivity (Wildman–Crippen MR) is 113 cm³/mol. The molecule has 0 aromatic heterocycles. The van der Waals surface area contributed by atoms with E-state index in [4.69, 9.17) is 4.74 Å². The minimum absolute atomic E-state index is 0.617. The highest BCUT2D eigenvalue weighted by Crippen LogP contribution is 2.10. The van der Waals surface area contributed by atoms with E-state index >= 15 is 0 Å². The summed E-state index contributed by atoms with van der Waals surface area (Å²) >= 11 is 0.794. The average molecular weight is 352 g/mol. The molecule has 1 radical (unpaired) electrons. The molecule has 0 saturated carbocycles. The topological polar surface area (TPSA) is 9.23 Å². The zero-order chi connectivity index (χ0) is 18.1. The van der Waals surface area contributed by atoms with E-state index in [-0.39, 0.29) is 0 Å². The normalized spacial score (nSPS) is 9.92. The third-order valence-electron chi connectivity index (χ3n) is 4.00. The number of unbranched alkanes of at least 4 members (excludes halogenated alkanes) is 10. The summed E-state index contributed by atoms with van der Waals surface area (Å²) in [5.74, 6) is 0.